The summed E-state index contributed by atoms with van der Waals surface area (Å²) >= 11 is 0. The van der Waals surface area contributed by atoms with Crippen LogP contribution in [0, 0.1) is 0 Å². The van der Waals surface area contributed by atoms with Gasteiger partial charge >= 0.3 is 0 Å². The predicted octanol–water partition coefficient (Wildman–Crippen LogP) is 0.433. The van der Waals surface area contributed by atoms with Gasteiger partial charge in [-0.2, -0.15) is 5.10 Å². The first-order chi connectivity index (χ1) is 4.25. The van der Waals surface area contributed by atoms with Gasteiger partial charge in [0.2, 0.25) is 5.88 Å². The standard InChI is InChI=1S/C5H9N3O.ClH/c1-8-5(9-2)4(6)3-7-8;/h3H,6H2,1-2H3;1H. The van der Waals surface area contributed by atoms with Gasteiger partial charge in [0.1, 0.15) is 5.69 Å². The van der Waals surface area contributed by atoms with Crippen LogP contribution < -0.4 is 10.5 Å². The number of hydrogen-bond donors (Lipinski definition) is 1. The smallest absolute Gasteiger partial charge is 0.235 e. The highest BCUT2D eigenvalue weighted by molar-refractivity contribution is 5.85. The number of aromatic nitrogens is 2. The molecular weight excluding hydrogens is 154 g/mol. The fourth-order valence-electron chi connectivity index (χ4n) is 0.693. The van der Waals surface area contributed by atoms with Gasteiger partial charge in [0.25, 0.3) is 0 Å². The van der Waals surface area contributed by atoms with E-state index in [4.69, 9.17) is 10.5 Å². The third-order valence-corrected chi connectivity index (χ3v) is 1.10. The number of nitrogens with two attached hydrogens (primary N) is 1. The van der Waals surface area contributed by atoms with Gasteiger partial charge in [-0.25, -0.2) is 4.68 Å². The zero-order chi connectivity index (χ0) is 6.85. The maximum Gasteiger partial charge on any atom is 0.235 e. The molecule has 1 aromatic rings. The van der Waals surface area contributed by atoms with E-state index in [1.807, 2.05) is 0 Å². The van der Waals surface area contributed by atoms with E-state index in [2.05, 4.69) is 5.10 Å². The van der Waals surface area contributed by atoms with Crippen LogP contribution in [0.25, 0.3) is 0 Å². The molecule has 0 bridgehead atoms. The summed E-state index contributed by atoms with van der Waals surface area (Å²) in [7, 11) is 3.34. The van der Waals surface area contributed by atoms with Crippen LogP contribution in [-0.2, 0) is 7.05 Å². The van der Waals surface area contributed by atoms with Crippen molar-refractivity contribution in [2.24, 2.45) is 7.05 Å². The molecule has 0 saturated carbocycles. The van der Waals surface area contributed by atoms with Gasteiger partial charge in [-0.05, 0) is 0 Å². The summed E-state index contributed by atoms with van der Waals surface area (Å²) in [5, 5.41) is 3.85. The minimum absolute atomic E-state index is 0. The van der Waals surface area contributed by atoms with Crippen LogP contribution in [0.1, 0.15) is 0 Å². The summed E-state index contributed by atoms with van der Waals surface area (Å²) in [6.07, 6.45) is 1.55. The summed E-state index contributed by atoms with van der Waals surface area (Å²) in [5.74, 6) is 0.606. The topological polar surface area (TPSA) is 53.1 Å². The van der Waals surface area contributed by atoms with Gasteiger partial charge in [0.05, 0.1) is 13.3 Å². The van der Waals surface area contributed by atoms with E-state index < -0.39 is 0 Å². The second-order valence-corrected chi connectivity index (χ2v) is 1.73. The maximum absolute atomic E-state index is 5.44. The van der Waals surface area contributed by atoms with Crippen molar-refractivity contribution >= 4 is 18.1 Å². The zero-order valence-corrected chi connectivity index (χ0v) is 6.68. The Bertz CT molecular complexity index is 191. The van der Waals surface area contributed by atoms with Crippen LogP contribution in [0.5, 0.6) is 5.88 Å². The second kappa shape index (κ2) is 3.31. The Morgan fingerprint density at radius 3 is 2.50 bits per heavy atom. The highest BCUT2D eigenvalue weighted by Gasteiger charge is 2.01. The number of anilines is 1. The Labute approximate surface area is 65.4 Å². The fourth-order valence-corrected chi connectivity index (χ4v) is 0.693. The number of rotatable bonds is 1. The predicted molar refractivity (Wildman–Crippen MR) is 41.4 cm³/mol. The number of hydrogen-bond acceptors (Lipinski definition) is 3. The number of nitrogen functional groups attached to an aromatic ring is 1. The number of aryl methyl sites for hydroxylation is 1. The van der Waals surface area contributed by atoms with Crippen molar-refractivity contribution < 1.29 is 4.74 Å². The Kier molecular flexibility index (Phi) is 3.02. The van der Waals surface area contributed by atoms with E-state index in [1.54, 1.807) is 25.0 Å². The van der Waals surface area contributed by atoms with Crippen LogP contribution in [-0.4, -0.2) is 16.9 Å². The van der Waals surface area contributed by atoms with Crippen LogP contribution in [0.2, 0.25) is 0 Å². The highest BCUT2D eigenvalue weighted by Crippen LogP contribution is 2.17. The molecule has 1 heterocycles. The SMILES string of the molecule is COc1c(N)cnn1C.Cl. The Morgan fingerprint density at radius 2 is 2.30 bits per heavy atom. The van der Waals surface area contributed by atoms with Crippen LogP contribution in [0.3, 0.4) is 0 Å². The zero-order valence-electron chi connectivity index (χ0n) is 5.87. The molecule has 0 unspecified atom stereocenters. The number of ether oxygens (including phenoxy) is 1. The molecule has 0 amide bonds. The van der Waals surface area contributed by atoms with Gasteiger partial charge in [-0.15, -0.1) is 12.4 Å². The summed E-state index contributed by atoms with van der Waals surface area (Å²) in [6.45, 7) is 0. The molecule has 0 saturated heterocycles. The maximum atomic E-state index is 5.44. The third kappa shape index (κ3) is 1.33. The third-order valence-electron chi connectivity index (χ3n) is 1.10. The summed E-state index contributed by atoms with van der Waals surface area (Å²) in [6, 6.07) is 0. The van der Waals surface area contributed by atoms with Crippen molar-refractivity contribution in [3.8, 4) is 5.88 Å². The number of nitrogens with zero attached hydrogens (tertiary/aromatic N) is 2. The van der Waals surface area contributed by atoms with Crippen LogP contribution in [0.15, 0.2) is 6.20 Å². The minimum Gasteiger partial charge on any atom is -0.480 e. The first-order valence-electron chi connectivity index (χ1n) is 2.57. The van der Waals surface area contributed by atoms with E-state index in [-0.39, 0.29) is 12.4 Å². The molecule has 0 aliphatic rings. The lowest BCUT2D eigenvalue weighted by Gasteiger charge is -1.98. The van der Waals surface area contributed by atoms with Crippen molar-refractivity contribution in [2.45, 2.75) is 0 Å². The van der Waals surface area contributed by atoms with Gasteiger partial charge in [-0.1, -0.05) is 0 Å². The monoisotopic (exact) mass is 163 g/mol. The van der Waals surface area contributed by atoms with Crippen molar-refractivity contribution in [3.63, 3.8) is 0 Å². The average Bonchev–Trinajstić information content (AvgIpc) is 2.12. The van der Waals surface area contributed by atoms with E-state index >= 15 is 0 Å². The van der Waals surface area contributed by atoms with Crippen molar-refractivity contribution in [1.29, 1.82) is 0 Å². The van der Waals surface area contributed by atoms with Crippen LogP contribution >= 0.6 is 12.4 Å². The molecule has 2 N–H and O–H groups in total. The molecule has 1 rings (SSSR count). The van der Waals surface area contributed by atoms with E-state index in [9.17, 15) is 0 Å². The molecule has 5 heteroatoms. The first kappa shape index (κ1) is 9.10. The van der Waals surface area contributed by atoms with Gasteiger partial charge < -0.3 is 10.5 Å². The second-order valence-electron chi connectivity index (χ2n) is 1.73. The molecule has 0 fully saturated rings. The largest absolute Gasteiger partial charge is 0.480 e. The molecule has 0 radical (unpaired) electrons. The van der Waals surface area contributed by atoms with Crippen molar-refractivity contribution in [2.75, 3.05) is 12.8 Å². The molecule has 0 atom stereocenters. The molecule has 10 heavy (non-hydrogen) atoms. The van der Waals surface area contributed by atoms with Gasteiger partial charge in [0, 0.05) is 7.05 Å². The Hall–Kier alpha value is -0.900. The first-order valence-corrected chi connectivity index (χ1v) is 2.57. The highest BCUT2D eigenvalue weighted by atomic mass is 35.5. The quantitative estimate of drug-likeness (QED) is 0.654. The number of halogens is 1. The molecule has 0 aromatic carbocycles. The van der Waals surface area contributed by atoms with Crippen molar-refractivity contribution in [3.05, 3.63) is 6.20 Å². The summed E-state index contributed by atoms with van der Waals surface area (Å²) < 4.78 is 6.47. The van der Waals surface area contributed by atoms with E-state index in [1.165, 1.54) is 0 Å². The lowest BCUT2D eigenvalue weighted by molar-refractivity contribution is 0.375. The molecule has 0 aliphatic carbocycles. The van der Waals surface area contributed by atoms with Crippen LogP contribution in [0.4, 0.5) is 5.69 Å². The minimum atomic E-state index is 0. The molecule has 0 aliphatic heterocycles. The van der Waals surface area contributed by atoms with Crippen molar-refractivity contribution in [1.82, 2.24) is 9.78 Å². The van der Waals surface area contributed by atoms with Gasteiger partial charge in [-0.3, -0.25) is 0 Å². The average molecular weight is 164 g/mol. The normalized spacial score (nSPS) is 8.60. The molecule has 0 spiro atoms. The lowest BCUT2D eigenvalue weighted by atomic mass is 10.6. The van der Waals surface area contributed by atoms with E-state index in [0.29, 0.717) is 11.6 Å². The molecule has 1 aromatic heterocycles. The molecule has 4 nitrogen and oxygen atoms in total. The van der Waals surface area contributed by atoms with E-state index in [0.717, 1.165) is 0 Å². The Balaban J connectivity index is 0.000000810. The molecule has 58 valence electrons. The summed E-state index contributed by atoms with van der Waals surface area (Å²) in [4.78, 5) is 0. The molecular formula is C5H10ClN3O. The van der Waals surface area contributed by atoms with Gasteiger partial charge in [0.15, 0.2) is 0 Å². The fraction of sp³-hybridized carbons (Fsp3) is 0.400. The Morgan fingerprint density at radius 1 is 1.70 bits per heavy atom. The summed E-state index contributed by atoms with van der Waals surface area (Å²) in [5.41, 5.74) is 6.01. The lowest BCUT2D eigenvalue weighted by Crippen LogP contribution is -1.96. The number of methoxy groups -OCH3 is 1.